The lowest BCUT2D eigenvalue weighted by molar-refractivity contribution is -0.0263. The van der Waals surface area contributed by atoms with E-state index in [0.717, 1.165) is 0 Å². The zero-order valence-corrected chi connectivity index (χ0v) is 12.0. The third-order valence-electron chi connectivity index (χ3n) is 3.23. The van der Waals surface area contributed by atoms with Crippen LogP contribution < -0.4 is 14.4 Å². The number of ether oxygens (including phenoxy) is 2. The van der Waals surface area contributed by atoms with Crippen molar-refractivity contribution in [2.24, 2.45) is 0 Å². The van der Waals surface area contributed by atoms with Crippen LogP contribution >= 0.6 is 0 Å². The highest BCUT2D eigenvalue weighted by Gasteiger charge is 2.44. The van der Waals surface area contributed by atoms with Crippen molar-refractivity contribution in [1.29, 1.82) is 0 Å². The quantitative estimate of drug-likeness (QED) is 0.845. The summed E-state index contributed by atoms with van der Waals surface area (Å²) in [4.78, 5) is 9.58. The molecule has 1 fully saturated rings. The summed E-state index contributed by atoms with van der Waals surface area (Å²) in [5, 5.41) is 7.84. The van der Waals surface area contributed by atoms with Gasteiger partial charge in [-0.05, 0) is 6.07 Å². The molecule has 7 nitrogen and oxygen atoms in total. The molecule has 0 N–H and O–H groups in total. The Hall–Kier alpha value is -2.58. The van der Waals surface area contributed by atoms with Crippen molar-refractivity contribution >= 4 is 5.69 Å². The standard InChI is InChI=1S/C13H13F2N5O2/c1-21-11-9(5-16-12(18-11)22-2)10-3-8(4-17-19-10)20-6-13(14,15)7-20/h3-5H,6-7H2,1-2H3. The predicted molar refractivity (Wildman–Crippen MR) is 73.3 cm³/mol. The van der Waals surface area contributed by atoms with Crippen LogP contribution in [0.4, 0.5) is 14.5 Å². The van der Waals surface area contributed by atoms with Crippen molar-refractivity contribution < 1.29 is 18.3 Å². The Bertz CT molecular complexity index is 690. The first kappa shape index (κ1) is 14.4. The Balaban J connectivity index is 1.92. The van der Waals surface area contributed by atoms with E-state index in [1.54, 1.807) is 6.07 Å². The summed E-state index contributed by atoms with van der Waals surface area (Å²) in [5.74, 6) is -2.38. The van der Waals surface area contributed by atoms with Crippen molar-refractivity contribution in [3.05, 3.63) is 18.5 Å². The van der Waals surface area contributed by atoms with E-state index in [4.69, 9.17) is 9.47 Å². The molecule has 2 aromatic rings. The molecule has 1 saturated heterocycles. The number of aromatic nitrogens is 4. The fourth-order valence-electron chi connectivity index (χ4n) is 2.14. The lowest BCUT2D eigenvalue weighted by Crippen LogP contribution is -2.56. The van der Waals surface area contributed by atoms with Gasteiger partial charge in [-0.3, -0.25) is 0 Å². The number of halogens is 2. The van der Waals surface area contributed by atoms with Crippen LogP contribution in [0.2, 0.25) is 0 Å². The monoisotopic (exact) mass is 309 g/mol. The summed E-state index contributed by atoms with van der Waals surface area (Å²) < 4.78 is 36.0. The molecular weight excluding hydrogens is 296 g/mol. The number of anilines is 1. The molecule has 22 heavy (non-hydrogen) atoms. The number of rotatable bonds is 4. The maximum atomic E-state index is 13.0. The van der Waals surface area contributed by atoms with Gasteiger partial charge in [0.15, 0.2) is 0 Å². The third kappa shape index (κ3) is 2.61. The second kappa shape index (κ2) is 5.32. The van der Waals surface area contributed by atoms with Gasteiger partial charge in [0.1, 0.15) is 5.69 Å². The minimum absolute atomic E-state index is 0.159. The number of methoxy groups -OCH3 is 2. The van der Waals surface area contributed by atoms with Gasteiger partial charge >= 0.3 is 6.01 Å². The van der Waals surface area contributed by atoms with Crippen LogP contribution in [0.3, 0.4) is 0 Å². The second-order valence-electron chi connectivity index (χ2n) is 4.79. The summed E-state index contributed by atoms with van der Waals surface area (Å²) in [6.07, 6.45) is 2.93. The lowest BCUT2D eigenvalue weighted by Gasteiger charge is -2.40. The van der Waals surface area contributed by atoms with Gasteiger partial charge in [0, 0.05) is 6.20 Å². The molecule has 2 aromatic heterocycles. The molecule has 0 spiro atoms. The molecule has 9 heteroatoms. The Labute approximate surface area is 124 Å². The van der Waals surface area contributed by atoms with Crippen LogP contribution in [0.15, 0.2) is 18.5 Å². The van der Waals surface area contributed by atoms with Crippen molar-refractivity contribution in [1.82, 2.24) is 20.2 Å². The smallest absolute Gasteiger partial charge is 0.319 e. The Morgan fingerprint density at radius 1 is 1.18 bits per heavy atom. The highest BCUT2D eigenvalue weighted by Crippen LogP contribution is 2.34. The van der Waals surface area contributed by atoms with E-state index in [1.807, 2.05) is 0 Å². The maximum absolute atomic E-state index is 13.0. The molecule has 1 aliphatic heterocycles. The van der Waals surface area contributed by atoms with Crippen LogP contribution in [-0.4, -0.2) is 53.4 Å². The zero-order chi connectivity index (χ0) is 15.7. The largest absolute Gasteiger partial charge is 0.480 e. The zero-order valence-electron chi connectivity index (χ0n) is 12.0. The van der Waals surface area contributed by atoms with E-state index in [9.17, 15) is 8.78 Å². The minimum atomic E-state index is -2.65. The van der Waals surface area contributed by atoms with Crippen molar-refractivity contribution in [3.8, 4) is 23.1 Å². The predicted octanol–water partition coefficient (Wildman–Crippen LogP) is 1.41. The van der Waals surface area contributed by atoms with E-state index in [1.165, 1.54) is 31.5 Å². The molecule has 3 heterocycles. The van der Waals surface area contributed by atoms with E-state index >= 15 is 0 Å². The SMILES string of the molecule is COc1ncc(-c2cc(N3CC(F)(F)C3)cnn2)c(OC)n1. The molecule has 0 aromatic carbocycles. The first-order valence-electron chi connectivity index (χ1n) is 6.43. The van der Waals surface area contributed by atoms with Crippen LogP contribution in [0.25, 0.3) is 11.3 Å². The number of nitrogens with zero attached hydrogens (tertiary/aromatic N) is 5. The Kier molecular flexibility index (Phi) is 3.47. The van der Waals surface area contributed by atoms with Crippen molar-refractivity contribution in [2.75, 3.05) is 32.2 Å². The molecule has 0 saturated carbocycles. The van der Waals surface area contributed by atoms with Gasteiger partial charge in [-0.2, -0.15) is 15.2 Å². The maximum Gasteiger partial charge on any atom is 0.319 e. The lowest BCUT2D eigenvalue weighted by atomic mass is 10.1. The molecule has 0 bridgehead atoms. The number of alkyl halides is 2. The second-order valence-corrected chi connectivity index (χ2v) is 4.79. The highest BCUT2D eigenvalue weighted by atomic mass is 19.3. The molecule has 1 aliphatic rings. The summed E-state index contributed by atoms with van der Waals surface area (Å²) >= 11 is 0. The fourth-order valence-corrected chi connectivity index (χ4v) is 2.14. The van der Waals surface area contributed by atoms with Gasteiger partial charge in [-0.15, -0.1) is 0 Å². The average molecular weight is 309 g/mol. The molecule has 116 valence electrons. The summed E-state index contributed by atoms with van der Waals surface area (Å²) in [6.45, 7) is -0.650. The summed E-state index contributed by atoms with van der Waals surface area (Å²) in [5.41, 5.74) is 1.51. The third-order valence-corrected chi connectivity index (χ3v) is 3.23. The molecular formula is C13H13F2N5O2. The van der Waals surface area contributed by atoms with Crippen LogP contribution in [0.5, 0.6) is 11.9 Å². The highest BCUT2D eigenvalue weighted by molar-refractivity contribution is 5.67. The molecule has 3 rings (SSSR count). The van der Waals surface area contributed by atoms with Crippen LogP contribution in [-0.2, 0) is 0 Å². The Morgan fingerprint density at radius 2 is 1.95 bits per heavy atom. The van der Waals surface area contributed by atoms with Crippen LogP contribution in [0, 0.1) is 0 Å². The minimum Gasteiger partial charge on any atom is -0.480 e. The summed E-state index contributed by atoms with van der Waals surface area (Å²) in [6, 6.07) is 1.81. The average Bonchev–Trinajstić information content (AvgIpc) is 2.52. The molecule has 0 atom stereocenters. The normalized spacial score (nSPS) is 16.1. The summed E-state index contributed by atoms with van der Waals surface area (Å²) in [7, 11) is 2.90. The van der Waals surface area contributed by atoms with E-state index in [2.05, 4.69) is 20.2 Å². The molecule has 0 amide bonds. The van der Waals surface area contributed by atoms with Gasteiger partial charge in [0.05, 0.1) is 44.8 Å². The molecule has 0 unspecified atom stereocenters. The van der Waals surface area contributed by atoms with Gasteiger partial charge in [-0.1, -0.05) is 0 Å². The Morgan fingerprint density at radius 3 is 2.59 bits per heavy atom. The first-order chi connectivity index (χ1) is 10.5. The topological polar surface area (TPSA) is 73.3 Å². The first-order valence-corrected chi connectivity index (χ1v) is 6.43. The number of hydrogen-bond donors (Lipinski definition) is 0. The van der Waals surface area contributed by atoms with Gasteiger partial charge in [0.2, 0.25) is 5.88 Å². The van der Waals surface area contributed by atoms with E-state index in [0.29, 0.717) is 16.9 Å². The molecule has 0 aliphatic carbocycles. The fraction of sp³-hybridized carbons (Fsp3) is 0.385. The van der Waals surface area contributed by atoms with Gasteiger partial charge < -0.3 is 14.4 Å². The van der Waals surface area contributed by atoms with Gasteiger partial charge in [0.25, 0.3) is 5.92 Å². The van der Waals surface area contributed by atoms with Crippen molar-refractivity contribution in [3.63, 3.8) is 0 Å². The van der Waals surface area contributed by atoms with E-state index in [-0.39, 0.29) is 25.0 Å². The van der Waals surface area contributed by atoms with E-state index < -0.39 is 5.92 Å². The van der Waals surface area contributed by atoms with Gasteiger partial charge in [-0.25, -0.2) is 13.8 Å². The van der Waals surface area contributed by atoms with Crippen LogP contribution in [0.1, 0.15) is 0 Å². The number of hydrogen-bond acceptors (Lipinski definition) is 7. The van der Waals surface area contributed by atoms with Crippen molar-refractivity contribution in [2.45, 2.75) is 5.92 Å². The molecule has 0 radical (unpaired) electrons.